The predicted octanol–water partition coefficient (Wildman–Crippen LogP) is 2.98. The average molecular weight is 262 g/mol. The van der Waals surface area contributed by atoms with Gasteiger partial charge in [-0.05, 0) is 12.1 Å². The van der Waals surface area contributed by atoms with Crippen molar-refractivity contribution in [3.8, 4) is 22.5 Å². The van der Waals surface area contributed by atoms with Gasteiger partial charge < -0.3 is 11.5 Å². The normalized spacial score (nSPS) is 10.4. The van der Waals surface area contributed by atoms with Gasteiger partial charge in [0.05, 0.1) is 11.4 Å². The number of rotatable bonds is 2. The fourth-order valence-electron chi connectivity index (χ4n) is 2.09. The molecular formula is C16H14N4. The molecule has 0 atom stereocenters. The Morgan fingerprint density at radius 3 is 2.10 bits per heavy atom. The lowest BCUT2D eigenvalue weighted by molar-refractivity contribution is 1.19. The summed E-state index contributed by atoms with van der Waals surface area (Å²) in [6.45, 7) is 0. The largest absolute Gasteiger partial charge is 0.398 e. The second-order valence-electron chi connectivity index (χ2n) is 4.45. The third-order valence-electron chi connectivity index (χ3n) is 3.05. The van der Waals surface area contributed by atoms with Crippen LogP contribution in [0.4, 0.5) is 11.6 Å². The van der Waals surface area contributed by atoms with Crippen molar-refractivity contribution in [1.29, 1.82) is 0 Å². The number of anilines is 2. The van der Waals surface area contributed by atoms with Crippen LogP contribution < -0.4 is 11.5 Å². The van der Waals surface area contributed by atoms with Crippen molar-refractivity contribution in [3.05, 3.63) is 60.7 Å². The highest BCUT2D eigenvalue weighted by Crippen LogP contribution is 2.27. The molecule has 0 bridgehead atoms. The van der Waals surface area contributed by atoms with E-state index in [-0.39, 0.29) is 5.95 Å². The van der Waals surface area contributed by atoms with Crippen LogP contribution in [0.25, 0.3) is 22.5 Å². The summed E-state index contributed by atoms with van der Waals surface area (Å²) in [5.74, 6) is 0.240. The van der Waals surface area contributed by atoms with Gasteiger partial charge in [-0.25, -0.2) is 9.97 Å². The molecule has 98 valence electrons. The molecule has 20 heavy (non-hydrogen) atoms. The molecule has 0 aliphatic rings. The van der Waals surface area contributed by atoms with E-state index in [0.717, 1.165) is 22.5 Å². The molecule has 0 saturated heterocycles. The summed E-state index contributed by atoms with van der Waals surface area (Å²) in [6, 6.07) is 19.3. The summed E-state index contributed by atoms with van der Waals surface area (Å²) in [5.41, 5.74) is 15.9. The molecule has 0 saturated carbocycles. The highest BCUT2D eigenvalue weighted by molar-refractivity contribution is 5.77. The van der Waals surface area contributed by atoms with Crippen LogP contribution in [0.5, 0.6) is 0 Å². The van der Waals surface area contributed by atoms with Crippen molar-refractivity contribution in [2.45, 2.75) is 0 Å². The third kappa shape index (κ3) is 2.31. The van der Waals surface area contributed by atoms with Crippen molar-refractivity contribution in [3.63, 3.8) is 0 Å². The van der Waals surface area contributed by atoms with Gasteiger partial charge in [0, 0.05) is 16.8 Å². The molecule has 0 spiro atoms. The first-order valence-electron chi connectivity index (χ1n) is 6.29. The van der Waals surface area contributed by atoms with Crippen molar-refractivity contribution < 1.29 is 0 Å². The Morgan fingerprint density at radius 1 is 0.700 bits per heavy atom. The molecule has 0 aliphatic heterocycles. The number of para-hydroxylation sites is 1. The minimum Gasteiger partial charge on any atom is -0.398 e. The number of aromatic nitrogens is 2. The minimum atomic E-state index is 0.240. The first kappa shape index (κ1) is 12.2. The second kappa shape index (κ2) is 5.01. The third-order valence-corrected chi connectivity index (χ3v) is 3.05. The van der Waals surface area contributed by atoms with Gasteiger partial charge in [-0.2, -0.15) is 0 Å². The number of nitrogen functional groups attached to an aromatic ring is 2. The topological polar surface area (TPSA) is 77.8 Å². The fraction of sp³-hybridized carbons (Fsp3) is 0. The van der Waals surface area contributed by atoms with Crippen molar-refractivity contribution in [2.75, 3.05) is 11.5 Å². The summed E-state index contributed by atoms with van der Waals surface area (Å²) in [5, 5.41) is 0. The maximum absolute atomic E-state index is 5.99. The first-order valence-corrected chi connectivity index (χ1v) is 6.29. The quantitative estimate of drug-likeness (QED) is 0.696. The van der Waals surface area contributed by atoms with E-state index in [2.05, 4.69) is 9.97 Å². The molecule has 0 unspecified atom stereocenters. The van der Waals surface area contributed by atoms with E-state index in [1.54, 1.807) is 0 Å². The van der Waals surface area contributed by atoms with E-state index in [1.165, 1.54) is 0 Å². The molecule has 0 aliphatic carbocycles. The molecular weight excluding hydrogens is 248 g/mol. The van der Waals surface area contributed by atoms with Gasteiger partial charge in [-0.1, -0.05) is 48.5 Å². The Kier molecular flexibility index (Phi) is 3.05. The van der Waals surface area contributed by atoms with Gasteiger partial charge in [0.1, 0.15) is 0 Å². The first-order chi connectivity index (χ1) is 9.74. The molecule has 4 nitrogen and oxygen atoms in total. The summed E-state index contributed by atoms with van der Waals surface area (Å²) >= 11 is 0. The van der Waals surface area contributed by atoms with E-state index < -0.39 is 0 Å². The van der Waals surface area contributed by atoms with Crippen molar-refractivity contribution in [1.82, 2.24) is 9.97 Å². The smallest absolute Gasteiger partial charge is 0.221 e. The highest BCUT2D eigenvalue weighted by Gasteiger charge is 2.08. The zero-order valence-corrected chi connectivity index (χ0v) is 10.8. The minimum absolute atomic E-state index is 0.240. The molecule has 1 aromatic heterocycles. The molecule has 2 aromatic carbocycles. The number of hydrogen-bond donors (Lipinski definition) is 2. The average Bonchev–Trinajstić information content (AvgIpc) is 2.48. The maximum Gasteiger partial charge on any atom is 0.221 e. The molecule has 3 rings (SSSR count). The Bertz CT molecular complexity index is 738. The van der Waals surface area contributed by atoms with Gasteiger partial charge in [0.2, 0.25) is 5.95 Å². The van der Waals surface area contributed by atoms with Crippen molar-refractivity contribution >= 4 is 11.6 Å². The Labute approximate surface area is 117 Å². The predicted molar refractivity (Wildman–Crippen MR) is 81.7 cm³/mol. The molecule has 1 heterocycles. The molecule has 4 heteroatoms. The molecule has 0 radical (unpaired) electrons. The molecule has 0 fully saturated rings. The number of hydrogen-bond acceptors (Lipinski definition) is 4. The zero-order valence-electron chi connectivity index (χ0n) is 10.8. The SMILES string of the molecule is Nc1nc(-c2ccccc2)cc(-c2ccccc2N)n1. The van der Waals surface area contributed by atoms with Crippen LogP contribution in [0, 0.1) is 0 Å². The Hall–Kier alpha value is -2.88. The molecule has 4 N–H and O–H groups in total. The number of benzene rings is 2. The van der Waals surface area contributed by atoms with Crippen LogP contribution >= 0.6 is 0 Å². The molecule has 0 amide bonds. The summed E-state index contributed by atoms with van der Waals surface area (Å²) in [7, 11) is 0. The van der Waals surface area contributed by atoms with E-state index in [4.69, 9.17) is 11.5 Å². The highest BCUT2D eigenvalue weighted by atomic mass is 15.0. The number of nitrogens with two attached hydrogens (primary N) is 2. The molecule has 3 aromatic rings. The Morgan fingerprint density at radius 2 is 1.35 bits per heavy atom. The van der Waals surface area contributed by atoms with Gasteiger partial charge in [-0.15, -0.1) is 0 Å². The van der Waals surface area contributed by atoms with Crippen LogP contribution in [0.15, 0.2) is 60.7 Å². The van der Waals surface area contributed by atoms with Crippen molar-refractivity contribution in [2.24, 2.45) is 0 Å². The van der Waals surface area contributed by atoms with E-state index >= 15 is 0 Å². The van der Waals surface area contributed by atoms with Gasteiger partial charge in [-0.3, -0.25) is 0 Å². The monoisotopic (exact) mass is 262 g/mol. The van der Waals surface area contributed by atoms with Gasteiger partial charge in [0.25, 0.3) is 0 Å². The van der Waals surface area contributed by atoms with E-state index in [1.807, 2.05) is 60.7 Å². The number of nitrogens with zero attached hydrogens (tertiary/aromatic N) is 2. The second-order valence-corrected chi connectivity index (χ2v) is 4.45. The van der Waals surface area contributed by atoms with Crippen LogP contribution in [-0.4, -0.2) is 9.97 Å². The zero-order chi connectivity index (χ0) is 13.9. The Balaban J connectivity index is 2.15. The fourth-order valence-corrected chi connectivity index (χ4v) is 2.09. The summed E-state index contributed by atoms with van der Waals surface area (Å²) in [4.78, 5) is 8.56. The van der Waals surface area contributed by atoms with Gasteiger partial charge in [0.15, 0.2) is 0 Å². The summed E-state index contributed by atoms with van der Waals surface area (Å²) < 4.78 is 0. The van der Waals surface area contributed by atoms with E-state index in [0.29, 0.717) is 5.69 Å². The lowest BCUT2D eigenvalue weighted by Gasteiger charge is -2.08. The van der Waals surface area contributed by atoms with Crippen LogP contribution in [0.2, 0.25) is 0 Å². The summed E-state index contributed by atoms with van der Waals surface area (Å²) in [6.07, 6.45) is 0. The van der Waals surface area contributed by atoms with Crippen LogP contribution in [-0.2, 0) is 0 Å². The van der Waals surface area contributed by atoms with Gasteiger partial charge >= 0.3 is 0 Å². The maximum atomic E-state index is 5.99. The van der Waals surface area contributed by atoms with Crippen LogP contribution in [0.3, 0.4) is 0 Å². The standard InChI is InChI=1S/C16H14N4/c17-13-9-5-4-8-12(13)15-10-14(19-16(18)20-15)11-6-2-1-3-7-11/h1-10H,17H2,(H2,18,19,20). The van der Waals surface area contributed by atoms with Crippen LogP contribution in [0.1, 0.15) is 0 Å². The lowest BCUT2D eigenvalue weighted by Crippen LogP contribution is -2.00. The lowest BCUT2D eigenvalue weighted by atomic mass is 10.1. The van der Waals surface area contributed by atoms with E-state index in [9.17, 15) is 0 Å².